The number of benzene rings is 2. The summed E-state index contributed by atoms with van der Waals surface area (Å²) >= 11 is 1.35. The molecule has 2 amide bonds. The zero-order valence-corrected chi connectivity index (χ0v) is 26.1. The van der Waals surface area contributed by atoms with E-state index in [1.165, 1.54) is 26.6 Å². The number of sulfonamides is 1. The number of anilines is 1. The molecule has 44 heavy (non-hydrogen) atoms. The highest BCUT2D eigenvalue weighted by Crippen LogP contribution is 2.25. The van der Waals surface area contributed by atoms with Crippen LogP contribution in [0.4, 0.5) is 10.6 Å². The van der Waals surface area contributed by atoms with E-state index >= 15 is 0 Å². The lowest BCUT2D eigenvalue weighted by Crippen LogP contribution is -2.53. The van der Waals surface area contributed by atoms with Crippen molar-refractivity contribution in [2.75, 3.05) is 24.5 Å². The van der Waals surface area contributed by atoms with Crippen LogP contribution in [0.25, 0.3) is 10.2 Å². The van der Waals surface area contributed by atoms with Crippen molar-refractivity contribution in [1.82, 2.24) is 19.6 Å². The number of carbonyl (C=O) groups is 2. The number of unbranched alkanes of at least 4 members (excludes halogenated alkanes) is 1. The molecule has 13 heteroatoms. The zero-order chi connectivity index (χ0) is 31.3. The number of ether oxygens (including phenoxy) is 1. The number of aliphatic hydroxyl groups is 1. The first-order valence-corrected chi connectivity index (χ1v) is 16.7. The van der Waals surface area contributed by atoms with E-state index in [1.807, 2.05) is 44.2 Å². The molecule has 3 atom stereocenters. The fourth-order valence-corrected chi connectivity index (χ4v) is 7.32. The van der Waals surface area contributed by atoms with Crippen molar-refractivity contribution in [2.45, 2.75) is 56.3 Å². The van der Waals surface area contributed by atoms with Crippen molar-refractivity contribution in [3.05, 3.63) is 83.5 Å². The normalized spacial score (nSPS) is 16.7. The number of aliphatic hydroxyl groups excluding tert-OH is 1. The average Bonchev–Trinajstić information content (AvgIpc) is 3.65. The number of cyclic esters (lactones) is 1. The number of pyridine rings is 1. The molecule has 1 saturated heterocycles. The van der Waals surface area contributed by atoms with Gasteiger partial charge in [0.25, 0.3) is 5.91 Å². The lowest BCUT2D eigenvalue weighted by atomic mass is 10.0. The minimum Gasteiger partial charge on any atom is -0.434 e. The fraction of sp³-hybridized carbons (Fsp3) is 0.355. The molecule has 0 bridgehead atoms. The average molecular weight is 638 g/mol. The fourth-order valence-electron chi connectivity index (χ4n) is 5.01. The number of hydrogen-bond acceptors (Lipinski definition) is 9. The molecular formula is C31H35N5O6S2. The Morgan fingerprint density at radius 3 is 2.73 bits per heavy atom. The van der Waals surface area contributed by atoms with Crippen molar-refractivity contribution in [3.63, 3.8) is 0 Å². The summed E-state index contributed by atoms with van der Waals surface area (Å²) < 4.78 is 35.0. The van der Waals surface area contributed by atoms with Gasteiger partial charge in [-0.05, 0) is 61.2 Å². The molecule has 0 radical (unpaired) electrons. The van der Waals surface area contributed by atoms with Gasteiger partial charge < -0.3 is 15.2 Å². The van der Waals surface area contributed by atoms with Crippen LogP contribution >= 0.6 is 11.3 Å². The van der Waals surface area contributed by atoms with Crippen LogP contribution < -0.4 is 10.2 Å². The van der Waals surface area contributed by atoms with E-state index in [9.17, 15) is 23.1 Å². The maximum absolute atomic E-state index is 13.8. The first-order chi connectivity index (χ1) is 21.2. The summed E-state index contributed by atoms with van der Waals surface area (Å²) in [6.07, 6.45) is 0.0337. The predicted molar refractivity (Wildman–Crippen MR) is 168 cm³/mol. The molecule has 1 fully saturated rings. The minimum absolute atomic E-state index is 0.0493. The Hall–Kier alpha value is -3.91. The molecule has 1 aliphatic rings. The predicted octanol–water partition coefficient (Wildman–Crippen LogP) is 3.90. The van der Waals surface area contributed by atoms with E-state index in [0.29, 0.717) is 17.8 Å². The largest absolute Gasteiger partial charge is 0.434 e. The van der Waals surface area contributed by atoms with Crippen LogP contribution in [0.2, 0.25) is 0 Å². The van der Waals surface area contributed by atoms with Crippen LogP contribution in [-0.4, -0.2) is 77.7 Å². The van der Waals surface area contributed by atoms with Crippen LogP contribution in [-0.2, 0) is 26.0 Å². The molecule has 0 spiro atoms. The molecule has 4 aromatic rings. The number of thiazole rings is 1. The molecule has 5 rings (SSSR count). The van der Waals surface area contributed by atoms with Gasteiger partial charge in [-0.3, -0.25) is 9.69 Å². The van der Waals surface area contributed by atoms with Crippen molar-refractivity contribution >= 4 is 49.4 Å². The second-order valence-electron chi connectivity index (χ2n) is 10.7. The Labute approximate surface area is 260 Å². The standard InChI is InChI=1S/C31H35N5O6S2/c1-3-4-14-35(44(40,41)23-10-11-24-28(17-23)43-20-33-24)18-26(37)25(16-22-8-6-5-7-9-22)34-30(38)27-19-36(31(39)42-27)29-15-21(2)12-13-32-29/h5-13,15,17,20,25-27,37H,3-4,14,16,18-19H2,1-2H3,(H,34,38)/t25?,26-,27+/m1/s1. The van der Waals surface area contributed by atoms with Crippen molar-refractivity contribution in [2.24, 2.45) is 0 Å². The summed E-state index contributed by atoms with van der Waals surface area (Å²) in [5.74, 6) is -0.216. The molecule has 1 aliphatic heterocycles. The third-order valence-electron chi connectivity index (χ3n) is 7.46. The summed E-state index contributed by atoms with van der Waals surface area (Å²) in [5.41, 5.74) is 4.11. The summed E-state index contributed by atoms with van der Waals surface area (Å²) in [6, 6.07) is 16.7. The second-order valence-corrected chi connectivity index (χ2v) is 13.6. The maximum atomic E-state index is 13.8. The Morgan fingerprint density at radius 1 is 1.18 bits per heavy atom. The maximum Gasteiger partial charge on any atom is 0.416 e. The molecule has 2 N–H and O–H groups in total. The van der Waals surface area contributed by atoms with Gasteiger partial charge in [0.1, 0.15) is 5.82 Å². The topological polar surface area (TPSA) is 142 Å². The molecule has 2 aromatic carbocycles. The first-order valence-electron chi connectivity index (χ1n) is 14.4. The summed E-state index contributed by atoms with van der Waals surface area (Å²) in [6.45, 7) is 3.73. The van der Waals surface area contributed by atoms with Crippen LogP contribution in [0.15, 0.2) is 77.3 Å². The number of rotatable bonds is 13. The molecular weight excluding hydrogens is 603 g/mol. The van der Waals surface area contributed by atoms with E-state index in [-0.39, 0.29) is 31.0 Å². The van der Waals surface area contributed by atoms with Crippen LogP contribution in [0.1, 0.15) is 30.9 Å². The van der Waals surface area contributed by atoms with Gasteiger partial charge in [-0.15, -0.1) is 11.3 Å². The van der Waals surface area contributed by atoms with Gasteiger partial charge in [-0.2, -0.15) is 4.31 Å². The number of aromatic nitrogens is 2. The van der Waals surface area contributed by atoms with E-state index < -0.39 is 40.3 Å². The van der Waals surface area contributed by atoms with Crippen molar-refractivity contribution in [3.8, 4) is 0 Å². The molecule has 0 saturated carbocycles. The van der Waals surface area contributed by atoms with E-state index in [0.717, 1.165) is 22.2 Å². The van der Waals surface area contributed by atoms with Gasteiger partial charge >= 0.3 is 6.09 Å². The molecule has 11 nitrogen and oxygen atoms in total. The number of carbonyl (C=O) groups excluding carboxylic acids is 2. The molecule has 2 aromatic heterocycles. The van der Waals surface area contributed by atoms with Crippen LogP contribution in [0.3, 0.4) is 0 Å². The van der Waals surface area contributed by atoms with Gasteiger partial charge in [-0.25, -0.2) is 23.2 Å². The minimum atomic E-state index is -3.98. The SMILES string of the molecule is CCCCN(C[C@@H](O)C(Cc1ccccc1)NC(=O)[C@@H]1CN(c2cc(C)ccn2)C(=O)O1)S(=O)(=O)c1ccc2ncsc2c1. The quantitative estimate of drug-likeness (QED) is 0.225. The molecule has 0 aliphatic carbocycles. The van der Waals surface area contributed by atoms with E-state index in [4.69, 9.17) is 4.74 Å². The van der Waals surface area contributed by atoms with Gasteiger partial charge in [0.15, 0.2) is 6.10 Å². The Morgan fingerprint density at radius 2 is 1.98 bits per heavy atom. The Kier molecular flexibility index (Phi) is 9.89. The second kappa shape index (κ2) is 13.8. The van der Waals surface area contributed by atoms with Crippen molar-refractivity contribution < 1.29 is 27.9 Å². The highest BCUT2D eigenvalue weighted by Gasteiger charge is 2.39. The lowest BCUT2D eigenvalue weighted by Gasteiger charge is -2.30. The van der Waals surface area contributed by atoms with Crippen LogP contribution in [0.5, 0.6) is 0 Å². The molecule has 1 unspecified atom stereocenters. The number of nitrogens with one attached hydrogen (secondary N) is 1. The summed E-state index contributed by atoms with van der Waals surface area (Å²) in [7, 11) is -3.98. The summed E-state index contributed by atoms with van der Waals surface area (Å²) in [4.78, 5) is 35.9. The number of fused-ring (bicyclic) bond motifs is 1. The highest BCUT2D eigenvalue weighted by molar-refractivity contribution is 7.89. The molecule has 3 heterocycles. The van der Waals surface area contributed by atoms with Gasteiger partial charge in [0.05, 0.1) is 39.3 Å². The van der Waals surface area contributed by atoms with Gasteiger partial charge in [0, 0.05) is 19.3 Å². The van der Waals surface area contributed by atoms with Gasteiger partial charge in [0.2, 0.25) is 10.0 Å². The number of hydrogen-bond donors (Lipinski definition) is 2. The van der Waals surface area contributed by atoms with Gasteiger partial charge in [-0.1, -0.05) is 43.7 Å². The smallest absolute Gasteiger partial charge is 0.416 e. The number of aryl methyl sites for hydroxylation is 1. The highest BCUT2D eigenvalue weighted by atomic mass is 32.2. The monoisotopic (exact) mass is 637 g/mol. The van der Waals surface area contributed by atoms with Crippen LogP contribution in [0, 0.1) is 6.92 Å². The lowest BCUT2D eigenvalue weighted by molar-refractivity contribution is -0.129. The van der Waals surface area contributed by atoms with E-state index in [1.54, 1.807) is 36.0 Å². The van der Waals surface area contributed by atoms with Crippen molar-refractivity contribution in [1.29, 1.82) is 0 Å². The van der Waals surface area contributed by atoms with E-state index in [2.05, 4.69) is 15.3 Å². The Balaban J connectivity index is 1.36. The molecule has 232 valence electrons. The summed E-state index contributed by atoms with van der Waals surface area (Å²) in [5, 5.41) is 14.4. The first kappa shape index (κ1) is 31.5. The third-order valence-corrected chi connectivity index (χ3v) is 10.1. The zero-order valence-electron chi connectivity index (χ0n) is 24.5. The number of nitrogens with zero attached hydrogens (tertiary/aromatic N) is 4. The number of amides is 2. The third kappa shape index (κ3) is 7.24. The Bertz CT molecular complexity index is 1710.